The van der Waals surface area contributed by atoms with Gasteiger partial charge in [0.1, 0.15) is 6.04 Å². The molecule has 0 bridgehead atoms. The summed E-state index contributed by atoms with van der Waals surface area (Å²) in [7, 11) is 0. The van der Waals surface area contributed by atoms with Crippen LogP contribution in [0.4, 0.5) is 0 Å². The minimum atomic E-state index is -0.998. The summed E-state index contributed by atoms with van der Waals surface area (Å²) in [5, 5.41) is 23.2. The molecular formula is C31H39NO5. The summed E-state index contributed by atoms with van der Waals surface area (Å²) in [6, 6.07) is -0.998. The molecule has 3 N–H and O–H groups in total. The summed E-state index contributed by atoms with van der Waals surface area (Å²) >= 11 is 0. The lowest BCUT2D eigenvalue weighted by molar-refractivity contribution is -0.129. The van der Waals surface area contributed by atoms with Crippen LogP contribution in [0.1, 0.15) is 33.6 Å². The first kappa shape index (κ1) is 31.4. The lowest BCUT2D eigenvalue weighted by Crippen LogP contribution is -2.41. The highest BCUT2D eigenvalue weighted by molar-refractivity contribution is 6.14. The Bertz CT molecular complexity index is 991. The third-order valence-electron chi connectivity index (χ3n) is 5.66. The third-order valence-corrected chi connectivity index (χ3v) is 5.66. The Morgan fingerprint density at radius 2 is 1.22 bits per heavy atom. The Kier molecular flexibility index (Phi) is 15.8. The van der Waals surface area contributed by atoms with E-state index >= 15 is 0 Å². The second-order valence-corrected chi connectivity index (χ2v) is 8.65. The van der Waals surface area contributed by atoms with Crippen molar-refractivity contribution in [2.24, 2.45) is 11.8 Å². The summed E-state index contributed by atoms with van der Waals surface area (Å²) in [6.07, 6.45) is 31.0. The number of hydrogen-bond acceptors (Lipinski definition) is 5. The fraction of sp³-hybridized carbons (Fsp3) is 0.323. The summed E-state index contributed by atoms with van der Waals surface area (Å²) in [4.78, 5) is 34.8. The van der Waals surface area contributed by atoms with Gasteiger partial charge in [-0.3, -0.25) is 14.4 Å². The molecule has 1 aliphatic rings. The van der Waals surface area contributed by atoms with Gasteiger partial charge >= 0.3 is 0 Å². The van der Waals surface area contributed by atoms with Crippen molar-refractivity contribution in [1.29, 1.82) is 0 Å². The summed E-state index contributed by atoms with van der Waals surface area (Å²) in [5.74, 6) is -1.38. The number of aliphatic hydroxyl groups excluding tert-OH is 2. The Balaban J connectivity index is 2.35. The zero-order valence-electron chi connectivity index (χ0n) is 21.8. The van der Waals surface area contributed by atoms with Gasteiger partial charge in [-0.15, -0.1) is 0 Å². The summed E-state index contributed by atoms with van der Waals surface area (Å²) in [6.45, 7) is 5.66. The maximum absolute atomic E-state index is 11.7. The topological polar surface area (TPSA) is 104 Å². The lowest BCUT2D eigenvalue weighted by Gasteiger charge is -2.25. The van der Waals surface area contributed by atoms with Crippen LogP contribution in [-0.2, 0) is 14.4 Å². The van der Waals surface area contributed by atoms with Gasteiger partial charge in [-0.25, -0.2) is 0 Å². The van der Waals surface area contributed by atoms with Crippen LogP contribution < -0.4 is 5.32 Å². The Labute approximate surface area is 220 Å². The first-order valence-corrected chi connectivity index (χ1v) is 12.5. The molecule has 0 aromatic rings. The highest BCUT2D eigenvalue weighted by atomic mass is 16.3. The number of carbonyl (C=O) groups excluding carboxylic acids is 3. The smallest absolute Gasteiger partial charge is 0.244 e. The van der Waals surface area contributed by atoms with Crippen molar-refractivity contribution < 1.29 is 24.6 Å². The van der Waals surface area contributed by atoms with Gasteiger partial charge in [0.2, 0.25) is 5.91 Å². The molecule has 0 spiro atoms. The molecule has 1 fully saturated rings. The van der Waals surface area contributed by atoms with Gasteiger partial charge in [-0.05, 0) is 6.92 Å². The van der Waals surface area contributed by atoms with Crippen molar-refractivity contribution in [2.45, 2.75) is 51.9 Å². The molecule has 0 aliphatic heterocycles. The molecule has 6 heteroatoms. The first-order chi connectivity index (χ1) is 17.8. The molecule has 1 saturated carbocycles. The molecule has 4 atom stereocenters. The average Bonchev–Trinajstić information content (AvgIpc) is 3.19. The SMILES string of the molecule is CC=CC=CC=CC(O)C(C)C(O)C(C)C=C/C=C/C=C/C=C/C=CC=CC(=O)NC1C(=O)CCC1=O. The van der Waals surface area contributed by atoms with Crippen LogP contribution in [0.25, 0.3) is 0 Å². The van der Waals surface area contributed by atoms with Gasteiger partial charge in [0.15, 0.2) is 11.6 Å². The van der Waals surface area contributed by atoms with Gasteiger partial charge in [-0.1, -0.05) is 117 Å². The van der Waals surface area contributed by atoms with E-state index in [4.69, 9.17) is 0 Å². The largest absolute Gasteiger partial charge is 0.392 e. The van der Waals surface area contributed by atoms with Crippen LogP contribution in [0.5, 0.6) is 0 Å². The molecule has 0 aromatic carbocycles. The van der Waals surface area contributed by atoms with Crippen molar-refractivity contribution in [3.63, 3.8) is 0 Å². The maximum Gasteiger partial charge on any atom is 0.244 e. The monoisotopic (exact) mass is 505 g/mol. The van der Waals surface area contributed by atoms with Crippen molar-refractivity contribution in [1.82, 2.24) is 5.32 Å². The minimum absolute atomic E-state index is 0.121. The van der Waals surface area contributed by atoms with Crippen LogP contribution in [-0.4, -0.2) is 45.9 Å². The second-order valence-electron chi connectivity index (χ2n) is 8.65. The first-order valence-electron chi connectivity index (χ1n) is 12.5. The number of ketones is 2. The maximum atomic E-state index is 11.7. The number of hydrogen-bond donors (Lipinski definition) is 3. The molecule has 1 amide bonds. The second kappa shape index (κ2) is 18.6. The van der Waals surface area contributed by atoms with Gasteiger partial charge < -0.3 is 15.5 Å². The predicted octanol–water partition coefficient (Wildman–Crippen LogP) is 4.42. The summed E-state index contributed by atoms with van der Waals surface area (Å²) < 4.78 is 0. The van der Waals surface area contributed by atoms with E-state index in [1.807, 2.05) is 87.6 Å². The molecule has 0 saturated heterocycles. The Morgan fingerprint density at radius 1 is 0.757 bits per heavy atom. The van der Waals surface area contributed by atoms with Crippen molar-refractivity contribution in [2.75, 3.05) is 0 Å². The van der Waals surface area contributed by atoms with Gasteiger partial charge in [0.05, 0.1) is 12.2 Å². The van der Waals surface area contributed by atoms with Crippen LogP contribution >= 0.6 is 0 Å². The number of amides is 1. The van der Waals surface area contributed by atoms with Crippen LogP contribution in [0.2, 0.25) is 0 Å². The van der Waals surface area contributed by atoms with Gasteiger partial charge in [-0.2, -0.15) is 0 Å². The predicted molar refractivity (Wildman–Crippen MR) is 149 cm³/mol. The molecule has 198 valence electrons. The van der Waals surface area contributed by atoms with E-state index in [2.05, 4.69) is 5.32 Å². The minimum Gasteiger partial charge on any atom is -0.392 e. The molecule has 4 unspecified atom stereocenters. The van der Waals surface area contributed by atoms with E-state index in [0.717, 1.165) is 0 Å². The number of nitrogens with one attached hydrogen (secondary N) is 1. The molecular weight excluding hydrogens is 466 g/mol. The number of Topliss-reactive ketones (excluding diaryl/α,β-unsaturated/α-hetero) is 2. The van der Waals surface area contributed by atoms with Crippen molar-refractivity contribution in [3.05, 3.63) is 109 Å². The zero-order chi connectivity index (χ0) is 27.5. The Morgan fingerprint density at radius 3 is 1.76 bits per heavy atom. The number of rotatable bonds is 14. The number of aliphatic hydroxyl groups is 2. The van der Waals surface area contributed by atoms with E-state index in [9.17, 15) is 24.6 Å². The van der Waals surface area contributed by atoms with Crippen LogP contribution in [0.3, 0.4) is 0 Å². The lowest BCUT2D eigenvalue weighted by atomic mass is 9.89. The average molecular weight is 506 g/mol. The molecule has 1 rings (SSSR count). The molecule has 1 aliphatic carbocycles. The molecule has 0 radical (unpaired) electrons. The van der Waals surface area contributed by atoms with E-state index in [1.54, 1.807) is 30.4 Å². The van der Waals surface area contributed by atoms with Crippen LogP contribution in [0.15, 0.2) is 109 Å². The van der Waals surface area contributed by atoms with E-state index in [-0.39, 0.29) is 36.2 Å². The van der Waals surface area contributed by atoms with Crippen LogP contribution in [0, 0.1) is 11.8 Å². The number of allylic oxidation sites excluding steroid dienone is 15. The van der Waals surface area contributed by atoms with E-state index in [1.165, 1.54) is 12.2 Å². The zero-order valence-corrected chi connectivity index (χ0v) is 21.8. The van der Waals surface area contributed by atoms with Crippen molar-refractivity contribution >= 4 is 17.5 Å². The van der Waals surface area contributed by atoms with Crippen molar-refractivity contribution in [3.8, 4) is 0 Å². The van der Waals surface area contributed by atoms with E-state index in [0.29, 0.717) is 0 Å². The standard InChI is InChI=1S/C31H39NO5/c1-4-5-6-13-17-20-26(33)25(3)31(37)24(2)19-16-14-11-9-7-8-10-12-15-18-21-29(36)32-30-27(34)22-23-28(30)35/h4-21,24-26,30-31,33,37H,22-23H2,1-3H3,(H,32,36)/b5-4?,9-7+,10-8+,13-6?,14-11+,15-12?,19-16?,20-17?,21-18?. The van der Waals surface area contributed by atoms with E-state index < -0.39 is 24.2 Å². The molecule has 0 aromatic heterocycles. The van der Waals surface area contributed by atoms with Gasteiger partial charge in [0, 0.05) is 30.8 Å². The third kappa shape index (κ3) is 13.3. The quantitative estimate of drug-likeness (QED) is 0.184. The molecule has 37 heavy (non-hydrogen) atoms. The highest BCUT2D eigenvalue weighted by Crippen LogP contribution is 2.18. The fourth-order valence-electron chi connectivity index (χ4n) is 3.35. The summed E-state index contributed by atoms with van der Waals surface area (Å²) in [5.41, 5.74) is 0. The highest BCUT2D eigenvalue weighted by Gasteiger charge is 2.33. The molecule has 6 nitrogen and oxygen atoms in total. The normalized spacial score (nSPS) is 19.6. The molecule has 0 heterocycles. The van der Waals surface area contributed by atoms with Gasteiger partial charge in [0.25, 0.3) is 0 Å². The Hall–Kier alpha value is -3.61. The fourth-order valence-corrected chi connectivity index (χ4v) is 3.35. The number of carbonyl (C=O) groups is 3.